The second kappa shape index (κ2) is 3.75. The highest BCUT2D eigenvalue weighted by molar-refractivity contribution is 5.99. The predicted octanol–water partition coefficient (Wildman–Crippen LogP) is 2.52. The summed E-state index contributed by atoms with van der Waals surface area (Å²) in [6, 6.07) is 7.63. The zero-order chi connectivity index (χ0) is 13.1. The standard InChI is InChI=1S/C16H20N2O/c1-18(12-5-3-2-4-11(12)17)16(19)15-13-9-6-7-10(8-9)14(13)15/h2-5,9-10,13-15H,6-8,17H2,1H3. The molecule has 3 aliphatic carbocycles. The van der Waals surface area contributed by atoms with Crippen molar-refractivity contribution in [2.24, 2.45) is 29.6 Å². The van der Waals surface area contributed by atoms with Crippen molar-refractivity contribution in [2.45, 2.75) is 19.3 Å². The Morgan fingerprint density at radius 1 is 1.21 bits per heavy atom. The van der Waals surface area contributed by atoms with Crippen LogP contribution in [0.1, 0.15) is 19.3 Å². The number of nitrogen functional groups attached to an aromatic ring is 1. The van der Waals surface area contributed by atoms with Crippen LogP contribution in [0, 0.1) is 29.6 Å². The first-order valence-corrected chi connectivity index (χ1v) is 7.30. The molecule has 3 aliphatic rings. The van der Waals surface area contributed by atoms with Crippen molar-refractivity contribution < 1.29 is 4.79 Å². The number of carbonyl (C=O) groups excluding carboxylic acids is 1. The average Bonchev–Trinajstić information content (AvgIpc) is 2.85. The summed E-state index contributed by atoms with van der Waals surface area (Å²) in [5, 5.41) is 0. The topological polar surface area (TPSA) is 46.3 Å². The molecule has 0 saturated heterocycles. The van der Waals surface area contributed by atoms with Gasteiger partial charge in [-0.1, -0.05) is 12.1 Å². The van der Waals surface area contributed by atoms with Crippen molar-refractivity contribution in [3.8, 4) is 0 Å². The fourth-order valence-corrected chi connectivity index (χ4v) is 4.79. The van der Waals surface area contributed by atoms with Gasteiger partial charge in [0.25, 0.3) is 0 Å². The zero-order valence-corrected chi connectivity index (χ0v) is 11.3. The van der Waals surface area contributed by atoms with E-state index in [-0.39, 0.29) is 11.8 Å². The molecule has 19 heavy (non-hydrogen) atoms. The maximum Gasteiger partial charge on any atom is 0.230 e. The lowest BCUT2D eigenvalue weighted by Gasteiger charge is -2.20. The Morgan fingerprint density at radius 3 is 2.47 bits per heavy atom. The van der Waals surface area contributed by atoms with E-state index in [1.807, 2.05) is 31.3 Å². The summed E-state index contributed by atoms with van der Waals surface area (Å²) in [5.74, 6) is 3.63. The van der Waals surface area contributed by atoms with E-state index >= 15 is 0 Å². The van der Waals surface area contributed by atoms with Crippen molar-refractivity contribution >= 4 is 17.3 Å². The minimum absolute atomic E-state index is 0.282. The monoisotopic (exact) mass is 256 g/mol. The van der Waals surface area contributed by atoms with E-state index in [0.29, 0.717) is 17.5 Å². The molecule has 2 N–H and O–H groups in total. The number of amides is 1. The maximum absolute atomic E-state index is 12.7. The van der Waals surface area contributed by atoms with Crippen LogP contribution in [-0.2, 0) is 4.79 Å². The van der Waals surface area contributed by atoms with Gasteiger partial charge in [-0.3, -0.25) is 4.79 Å². The minimum atomic E-state index is 0.282. The molecule has 3 saturated carbocycles. The normalized spacial score (nSPS) is 38.1. The fraction of sp³-hybridized carbons (Fsp3) is 0.562. The Labute approximate surface area is 113 Å². The molecule has 4 unspecified atom stereocenters. The van der Waals surface area contributed by atoms with Gasteiger partial charge in [-0.2, -0.15) is 0 Å². The molecule has 0 radical (unpaired) electrons. The lowest BCUT2D eigenvalue weighted by atomic mass is 10.0. The molecule has 1 amide bonds. The van der Waals surface area contributed by atoms with Gasteiger partial charge in [0, 0.05) is 13.0 Å². The van der Waals surface area contributed by atoms with E-state index in [1.165, 1.54) is 19.3 Å². The Kier molecular flexibility index (Phi) is 2.23. The van der Waals surface area contributed by atoms with E-state index in [9.17, 15) is 4.79 Å². The van der Waals surface area contributed by atoms with Crippen LogP contribution in [0.25, 0.3) is 0 Å². The van der Waals surface area contributed by atoms with Crippen molar-refractivity contribution in [1.29, 1.82) is 0 Å². The van der Waals surface area contributed by atoms with Crippen LogP contribution in [-0.4, -0.2) is 13.0 Å². The quantitative estimate of drug-likeness (QED) is 0.826. The molecular weight excluding hydrogens is 236 g/mol. The molecule has 3 fully saturated rings. The molecule has 100 valence electrons. The molecule has 0 aromatic heterocycles. The third-order valence-corrected chi connectivity index (χ3v) is 5.65. The molecule has 0 spiro atoms. The predicted molar refractivity (Wildman–Crippen MR) is 75.6 cm³/mol. The van der Waals surface area contributed by atoms with Crippen molar-refractivity contribution in [3.05, 3.63) is 24.3 Å². The summed E-state index contributed by atoms with van der Waals surface area (Å²) >= 11 is 0. The summed E-state index contributed by atoms with van der Waals surface area (Å²) in [7, 11) is 1.87. The third kappa shape index (κ3) is 1.47. The van der Waals surface area contributed by atoms with Crippen LogP contribution in [0.4, 0.5) is 11.4 Å². The van der Waals surface area contributed by atoms with E-state index in [2.05, 4.69) is 0 Å². The summed E-state index contributed by atoms with van der Waals surface area (Å²) < 4.78 is 0. The first-order valence-electron chi connectivity index (χ1n) is 7.30. The van der Waals surface area contributed by atoms with Gasteiger partial charge in [-0.05, 0) is 55.1 Å². The Balaban J connectivity index is 1.55. The van der Waals surface area contributed by atoms with Crippen molar-refractivity contribution in [3.63, 3.8) is 0 Å². The molecule has 0 heterocycles. The van der Waals surface area contributed by atoms with Crippen LogP contribution in [0.5, 0.6) is 0 Å². The van der Waals surface area contributed by atoms with Crippen LogP contribution >= 0.6 is 0 Å². The second-order valence-corrected chi connectivity index (χ2v) is 6.47. The zero-order valence-electron chi connectivity index (χ0n) is 11.3. The number of nitrogens with zero attached hydrogens (tertiary/aromatic N) is 1. The van der Waals surface area contributed by atoms with Gasteiger partial charge < -0.3 is 10.6 Å². The number of para-hydroxylation sites is 2. The Morgan fingerprint density at radius 2 is 1.84 bits per heavy atom. The van der Waals surface area contributed by atoms with Gasteiger partial charge in [0.2, 0.25) is 5.91 Å². The van der Waals surface area contributed by atoms with Crippen LogP contribution in [0.2, 0.25) is 0 Å². The largest absolute Gasteiger partial charge is 0.397 e. The molecular formula is C16H20N2O. The van der Waals surface area contributed by atoms with Gasteiger partial charge in [-0.25, -0.2) is 0 Å². The fourth-order valence-electron chi connectivity index (χ4n) is 4.79. The first-order chi connectivity index (χ1) is 9.18. The summed E-state index contributed by atoms with van der Waals surface area (Å²) in [6.07, 6.45) is 4.09. The van der Waals surface area contributed by atoms with Crippen LogP contribution < -0.4 is 10.6 Å². The van der Waals surface area contributed by atoms with Gasteiger partial charge in [0.15, 0.2) is 0 Å². The number of anilines is 2. The number of hydrogen-bond acceptors (Lipinski definition) is 2. The van der Waals surface area contributed by atoms with E-state index in [4.69, 9.17) is 5.73 Å². The number of nitrogens with two attached hydrogens (primary N) is 1. The average molecular weight is 256 g/mol. The molecule has 4 rings (SSSR count). The van der Waals surface area contributed by atoms with Gasteiger partial charge in [0.1, 0.15) is 0 Å². The van der Waals surface area contributed by atoms with Gasteiger partial charge in [-0.15, -0.1) is 0 Å². The smallest absolute Gasteiger partial charge is 0.230 e. The molecule has 4 atom stereocenters. The van der Waals surface area contributed by atoms with Crippen LogP contribution in [0.15, 0.2) is 24.3 Å². The number of benzene rings is 1. The number of hydrogen-bond donors (Lipinski definition) is 1. The number of carbonyl (C=O) groups is 1. The molecule has 2 bridgehead atoms. The Hall–Kier alpha value is -1.51. The number of rotatable bonds is 2. The highest BCUT2D eigenvalue weighted by Gasteiger charge is 2.67. The molecule has 1 aromatic carbocycles. The van der Waals surface area contributed by atoms with Crippen molar-refractivity contribution in [2.75, 3.05) is 17.7 Å². The summed E-state index contributed by atoms with van der Waals surface area (Å²) in [5.41, 5.74) is 7.51. The van der Waals surface area contributed by atoms with Crippen molar-refractivity contribution in [1.82, 2.24) is 0 Å². The van der Waals surface area contributed by atoms with Gasteiger partial charge >= 0.3 is 0 Å². The summed E-state index contributed by atoms with van der Waals surface area (Å²) in [6.45, 7) is 0. The second-order valence-electron chi connectivity index (χ2n) is 6.47. The lowest BCUT2D eigenvalue weighted by molar-refractivity contribution is -0.120. The molecule has 0 aliphatic heterocycles. The maximum atomic E-state index is 12.7. The highest BCUT2D eigenvalue weighted by atomic mass is 16.2. The molecule has 3 heteroatoms. The van der Waals surface area contributed by atoms with E-state index in [0.717, 1.165) is 17.5 Å². The van der Waals surface area contributed by atoms with E-state index in [1.54, 1.807) is 4.90 Å². The first kappa shape index (κ1) is 11.3. The van der Waals surface area contributed by atoms with Gasteiger partial charge in [0.05, 0.1) is 11.4 Å². The minimum Gasteiger partial charge on any atom is -0.397 e. The van der Waals surface area contributed by atoms with Crippen LogP contribution in [0.3, 0.4) is 0 Å². The highest BCUT2D eigenvalue weighted by Crippen LogP contribution is 2.69. The number of fused-ring (bicyclic) bond motifs is 5. The molecule has 3 nitrogen and oxygen atoms in total. The Bertz CT molecular complexity index is 525. The lowest BCUT2D eigenvalue weighted by Crippen LogP contribution is -2.30. The summed E-state index contributed by atoms with van der Waals surface area (Å²) in [4.78, 5) is 14.4. The molecule has 1 aromatic rings. The van der Waals surface area contributed by atoms with E-state index < -0.39 is 0 Å². The SMILES string of the molecule is CN(C(=O)C1C2C3CCC(C3)C12)c1ccccc1N. The third-order valence-electron chi connectivity index (χ3n) is 5.65.